The van der Waals surface area contributed by atoms with Gasteiger partial charge in [0, 0.05) is 13.3 Å². The van der Waals surface area contributed by atoms with Gasteiger partial charge in [0.15, 0.2) is 8.32 Å². The number of rotatable bonds is 4. The van der Waals surface area contributed by atoms with E-state index in [9.17, 15) is 24.6 Å². The first kappa shape index (κ1) is 19.4. The third-order valence-electron chi connectivity index (χ3n) is 4.43. The minimum Gasteiger partial charge on any atom is -0.480 e. The van der Waals surface area contributed by atoms with Crippen molar-refractivity contribution in [2.24, 2.45) is 0 Å². The highest BCUT2D eigenvalue weighted by Crippen LogP contribution is 2.40. The molecule has 0 aromatic heterocycles. The highest BCUT2D eigenvalue weighted by Gasteiger charge is 2.53. The predicted molar refractivity (Wildman–Crippen MR) is 83.5 cm³/mol. The van der Waals surface area contributed by atoms with Gasteiger partial charge in [-0.25, -0.2) is 9.59 Å². The third-order valence-corrected chi connectivity index (χ3v) is 8.93. The van der Waals surface area contributed by atoms with E-state index in [-0.39, 0.29) is 11.5 Å². The summed E-state index contributed by atoms with van der Waals surface area (Å²) in [4.78, 5) is 34.8. The molecule has 9 heteroatoms. The largest absolute Gasteiger partial charge is 0.480 e. The number of nitrogens with zero attached hydrogens (tertiary/aromatic N) is 1. The Hall–Kier alpha value is -1.61. The summed E-state index contributed by atoms with van der Waals surface area (Å²) in [6, 6.07) is -1.30. The number of ether oxygens (including phenoxy) is 1. The number of amides is 1. The van der Waals surface area contributed by atoms with Gasteiger partial charge in [-0.3, -0.25) is 9.69 Å². The number of hydrogen-bond donors (Lipinski definition) is 2. The number of carbonyl (C=O) groups excluding carboxylic acids is 1. The van der Waals surface area contributed by atoms with Crippen LogP contribution in [0.25, 0.3) is 0 Å². The zero-order valence-corrected chi connectivity index (χ0v) is 15.3. The summed E-state index contributed by atoms with van der Waals surface area (Å²) in [5.41, 5.74) is 0. The van der Waals surface area contributed by atoms with E-state index in [0.29, 0.717) is 4.90 Å². The minimum absolute atomic E-state index is 0.0495. The van der Waals surface area contributed by atoms with Crippen LogP contribution in [0.3, 0.4) is 0 Å². The summed E-state index contributed by atoms with van der Waals surface area (Å²) in [5, 5.41) is 18.4. The van der Waals surface area contributed by atoms with Crippen LogP contribution in [0.1, 0.15) is 34.1 Å². The van der Waals surface area contributed by atoms with Crippen LogP contribution in [-0.2, 0) is 18.8 Å². The van der Waals surface area contributed by atoms with Crippen LogP contribution in [0.15, 0.2) is 0 Å². The van der Waals surface area contributed by atoms with E-state index in [4.69, 9.17) is 9.16 Å². The molecule has 1 aliphatic heterocycles. The molecule has 2 N–H and O–H groups in total. The topological polar surface area (TPSA) is 113 Å². The van der Waals surface area contributed by atoms with E-state index < -0.39 is 44.7 Å². The van der Waals surface area contributed by atoms with Crippen molar-refractivity contribution in [2.45, 2.75) is 70.6 Å². The van der Waals surface area contributed by atoms with Crippen LogP contribution in [-0.4, -0.2) is 59.8 Å². The molecule has 1 aliphatic rings. The smallest absolute Gasteiger partial charge is 0.411 e. The quantitative estimate of drug-likeness (QED) is 0.591. The molecule has 1 fully saturated rings. The fraction of sp³-hybridized carbons (Fsp3) is 0.786. The van der Waals surface area contributed by atoms with Crippen LogP contribution in [0.4, 0.5) is 4.79 Å². The Bertz CT molecular complexity index is 500. The monoisotopic (exact) mass is 347 g/mol. The number of aliphatic carboxylic acids is 1. The normalized spacial score (nSPS) is 25.3. The number of carboxylic acid groups (broad SMARTS) is 2. The van der Waals surface area contributed by atoms with Gasteiger partial charge in [-0.1, -0.05) is 20.8 Å². The Morgan fingerprint density at radius 1 is 1.17 bits per heavy atom. The second-order valence-electron chi connectivity index (χ2n) is 7.20. The average Bonchev–Trinajstić information content (AvgIpc) is 2.65. The van der Waals surface area contributed by atoms with Crippen molar-refractivity contribution in [1.82, 2.24) is 4.90 Å². The van der Waals surface area contributed by atoms with Crippen LogP contribution in [0, 0.1) is 0 Å². The van der Waals surface area contributed by atoms with E-state index >= 15 is 0 Å². The summed E-state index contributed by atoms with van der Waals surface area (Å²) >= 11 is 0. The third kappa shape index (κ3) is 4.23. The van der Waals surface area contributed by atoms with Gasteiger partial charge in [0.2, 0.25) is 6.23 Å². The molecule has 0 bridgehead atoms. The maximum atomic E-state index is 11.4. The van der Waals surface area contributed by atoms with E-state index in [2.05, 4.69) is 0 Å². The fourth-order valence-corrected chi connectivity index (χ4v) is 3.56. The lowest BCUT2D eigenvalue weighted by atomic mass is 10.2. The molecule has 1 rings (SSSR count). The van der Waals surface area contributed by atoms with Crippen molar-refractivity contribution in [3.8, 4) is 0 Å². The first-order valence-electron chi connectivity index (χ1n) is 7.37. The van der Waals surface area contributed by atoms with Gasteiger partial charge < -0.3 is 19.4 Å². The molecule has 1 heterocycles. The molecule has 0 aliphatic carbocycles. The van der Waals surface area contributed by atoms with Crippen molar-refractivity contribution < 1.29 is 33.8 Å². The van der Waals surface area contributed by atoms with Crippen molar-refractivity contribution in [2.75, 3.05) is 0 Å². The molecule has 0 saturated carbocycles. The SMILES string of the molecule is CC(=O)OC1[C@@H](O[Si](C)(C)C(C)(C)C)CC(C(=O)O)N1C(=O)O. The Morgan fingerprint density at radius 3 is 2.04 bits per heavy atom. The Morgan fingerprint density at radius 2 is 1.70 bits per heavy atom. The highest BCUT2D eigenvalue weighted by atomic mass is 28.4. The van der Waals surface area contributed by atoms with Crippen molar-refractivity contribution in [3.05, 3.63) is 0 Å². The summed E-state index contributed by atoms with van der Waals surface area (Å²) in [5.74, 6) is -1.97. The maximum absolute atomic E-state index is 11.4. The standard InChI is InChI=1S/C14H25NO7Si/c1-8(16)21-11-10(22-23(5,6)14(2,3)4)7-9(12(17)18)15(11)13(19)20/h9-11H,7H2,1-6H3,(H,17,18)(H,19,20)/t9?,10-,11?/m0/s1. The number of carbonyl (C=O) groups is 3. The second-order valence-corrected chi connectivity index (χ2v) is 12.0. The molecule has 132 valence electrons. The summed E-state index contributed by atoms with van der Waals surface area (Å²) in [7, 11) is -2.30. The molecule has 1 saturated heterocycles. The van der Waals surface area contributed by atoms with Gasteiger partial charge in [0.05, 0.1) is 0 Å². The average molecular weight is 347 g/mol. The molecule has 0 aromatic rings. The summed E-state index contributed by atoms with van der Waals surface area (Å²) in [6.45, 7) is 11.1. The molecular weight excluding hydrogens is 322 g/mol. The van der Waals surface area contributed by atoms with Gasteiger partial charge in [0.1, 0.15) is 12.1 Å². The summed E-state index contributed by atoms with van der Waals surface area (Å²) in [6.07, 6.45) is -3.55. The fourth-order valence-electron chi connectivity index (χ4n) is 2.23. The molecule has 0 spiro atoms. The van der Waals surface area contributed by atoms with Gasteiger partial charge in [0.25, 0.3) is 0 Å². The Kier molecular flexibility index (Phi) is 5.48. The first-order chi connectivity index (χ1) is 10.3. The lowest BCUT2D eigenvalue weighted by molar-refractivity contribution is -0.161. The van der Waals surface area contributed by atoms with Crippen molar-refractivity contribution in [1.29, 1.82) is 0 Å². The maximum Gasteiger partial charge on any atom is 0.411 e. The molecular formula is C14H25NO7Si. The molecule has 8 nitrogen and oxygen atoms in total. The van der Waals surface area contributed by atoms with E-state index in [0.717, 1.165) is 6.92 Å². The molecule has 3 atom stereocenters. The molecule has 23 heavy (non-hydrogen) atoms. The molecule has 0 radical (unpaired) electrons. The molecule has 1 amide bonds. The zero-order valence-electron chi connectivity index (χ0n) is 14.3. The van der Waals surface area contributed by atoms with Gasteiger partial charge in [-0.05, 0) is 18.1 Å². The number of hydrogen-bond acceptors (Lipinski definition) is 5. The van der Waals surface area contributed by atoms with Crippen molar-refractivity contribution >= 4 is 26.3 Å². The van der Waals surface area contributed by atoms with Gasteiger partial charge in [-0.15, -0.1) is 0 Å². The van der Waals surface area contributed by atoms with Gasteiger partial charge in [-0.2, -0.15) is 0 Å². The Labute approximate surface area is 136 Å². The predicted octanol–water partition coefficient (Wildman–Crippen LogP) is 2.10. The van der Waals surface area contributed by atoms with Crippen LogP contribution in [0.2, 0.25) is 18.1 Å². The number of esters is 1. The first-order valence-corrected chi connectivity index (χ1v) is 10.3. The molecule has 0 aromatic carbocycles. The van der Waals surface area contributed by atoms with E-state index in [1.54, 1.807) is 0 Å². The summed E-state index contributed by atoms with van der Waals surface area (Å²) < 4.78 is 11.2. The number of carboxylic acids is 1. The lowest BCUT2D eigenvalue weighted by Crippen LogP contribution is -2.50. The van der Waals surface area contributed by atoms with Crippen LogP contribution >= 0.6 is 0 Å². The lowest BCUT2D eigenvalue weighted by Gasteiger charge is -2.39. The van der Waals surface area contributed by atoms with Crippen LogP contribution < -0.4 is 0 Å². The van der Waals surface area contributed by atoms with E-state index in [1.165, 1.54) is 0 Å². The second kappa shape index (κ2) is 6.48. The highest BCUT2D eigenvalue weighted by molar-refractivity contribution is 6.74. The zero-order chi connectivity index (χ0) is 18.2. The van der Waals surface area contributed by atoms with Crippen LogP contribution in [0.5, 0.6) is 0 Å². The molecule has 2 unspecified atom stereocenters. The Balaban J connectivity index is 3.15. The number of likely N-dealkylation sites (tertiary alicyclic amines) is 1. The van der Waals surface area contributed by atoms with Crippen molar-refractivity contribution in [3.63, 3.8) is 0 Å². The minimum atomic E-state index is -2.30. The van der Waals surface area contributed by atoms with E-state index in [1.807, 2.05) is 33.9 Å². The van der Waals surface area contributed by atoms with Gasteiger partial charge >= 0.3 is 18.0 Å².